The molecule has 3 heteroatoms. The van der Waals surface area contributed by atoms with Crippen molar-refractivity contribution < 1.29 is 9.90 Å². The first kappa shape index (κ1) is 10.5. The highest BCUT2D eigenvalue weighted by Crippen LogP contribution is 2.31. The molecule has 13 heavy (non-hydrogen) atoms. The maximum absolute atomic E-state index is 10.4. The fraction of sp³-hybridized carbons (Fsp3) is 0.900. The molecule has 0 amide bonds. The molecule has 0 aromatic carbocycles. The van der Waals surface area contributed by atoms with Gasteiger partial charge in [-0.2, -0.15) is 0 Å². The molecule has 0 bridgehead atoms. The topological polar surface area (TPSA) is 40.5 Å². The molecule has 0 spiro atoms. The van der Waals surface area contributed by atoms with E-state index in [1.807, 2.05) is 0 Å². The number of hydrogen-bond donors (Lipinski definition) is 1. The van der Waals surface area contributed by atoms with Crippen molar-refractivity contribution in [1.29, 1.82) is 0 Å². The van der Waals surface area contributed by atoms with Gasteiger partial charge in [-0.05, 0) is 39.3 Å². The van der Waals surface area contributed by atoms with Gasteiger partial charge >= 0.3 is 5.97 Å². The van der Waals surface area contributed by atoms with Crippen LogP contribution in [0.5, 0.6) is 0 Å². The van der Waals surface area contributed by atoms with Gasteiger partial charge in [0.2, 0.25) is 0 Å². The van der Waals surface area contributed by atoms with Gasteiger partial charge in [0.05, 0.1) is 0 Å². The molecule has 0 heterocycles. The Bertz CT molecular complexity index is 180. The maximum Gasteiger partial charge on any atom is 0.303 e. The van der Waals surface area contributed by atoms with E-state index in [2.05, 4.69) is 19.0 Å². The summed E-state index contributed by atoms with van der Waals surface area (Å²) in [6.07, 6.45) is 4.87. The molecule has 1 saturated carbocycles. The Morgan fingerprint density at radius 1 is 1.46 bits per heavy atom. The average molecular weight is 185 g/mol. The molecule has 0 aromatic heterocycles. The lowest BCUT2D eigenvalue weighted by molar-refractivity contribution is -0.137. The predicted molar refractivity (Wildman–Crippen MR) is 51.7 cm³/mol. The van der Waals surface area contributed by atoms with Gasteiger partial charge in [-0.3, -0.25) is 4.79 Å². The van der Waals surface area contributed by atoms with Crippen molar-refractivity contribution in [2.75, 3.05) is 14.1 Å². The highest BCUT2D eigenvalue weighted by molar-refractivity contribution is 5.66. The van der Waals surface area contributed by atoms with E-state index in [0.29, 0.717) is 18.4 Å². The van der Waals surface area contributed by atoms with Gasteiger partial charge in [-0.15, -0.1) is 0 Å². The average Bonchev–Trinajstić information content (AvgIpc) is 2.47. The summed E-state index contributed by atoms with van der Waals surface area (Å²) in [5, 5.41) is 8.59. The Hall–Kier alpha value is -0.570. The minimum absolute atomic E-state index is 0.328. The summed E-state index contributed by atoms with van der Waals surface area (Å²) in [5.74, 6) is -0.0597. The summed E-state index contributed by atoms with van der Waals surface area (Å²) < 4.78 is 0. The van der Waals surface area contributed by atoms with Crippen LogP contribution in [0.3, 0.4) is 0 Å². The molecule has 1 rings (SSSR count). The van der Waals surface area contributed by atoms with E-state index in [0.717, 1.165) is 6.42 Å². The molecule has 1 N–H and O–H groups in total. The lowest BCUT2D eigenvalue weighted by Gasteiger charge is -2.25. The van der Waals surface area contributed by atoms with E-state index in [4.69, 9.17) is 5.11 Å². The van der Waals surface area contributed by atoms with Crippen LogP contribution in [-0.4, -0.2) is 36.1 Å². The SMILES string of the molecule is CN(C)C1CCCC1CCC(=O)O. The van der Waals surface area contributed by atoms with E-state index in [1.165, 1.54) is 19.3 Å². The van der Waals surface area contributed by atoms with Gasteiger partial charge in [0.1, 0.15) is 0 Å². The Labute approximate surface area is 79.7 Å². The zero-order chi connectivity index (χ0) is 9.84. The van der Waals surface area contributed by atoms with Crippen LogP contribution >= 0.6 is 0 Å². The van der Waals surface area contributed by atoms with Gasteiger partial charge in [0, 0.05) is 12.5 Å². The second-order valence-electron chi connectivity index (χ2n) is 4.15. The largest absolute Gasteiger partial charge is 0.481 e. The Morgan fingerprint density at radius 3 is 2.69 bits per heavy atom. The molecule has 1 aliphatic carbocycles. The second kappa shape index (κ2) is 4.61. The van der Waals surface area contributed by atoms with E-state index >= 15 is 0 Å². The van der Waals surface area contributed by atoms with Gasteiger partial charge in [0.15, 0.2) is 0 Å². The molecule has 76 valence electrons. The number of hydrogen-bond acceptors (Lipinski definition) is 2. The predicted octanol–water partition coefficient (Wildman–Crippen LogP) is 1.58. The van der Waals surface area contributed by atoms with Crippen molar-refractivity contribution in [1.82, 2.24) is 4.90 Å². The van der Waals surface area contributed by atoms with Crippen LogP contribution in [0.25, 0.3) is 0 Å². The first-order chi connectivity index (χ1) is 6.11. The third kappa shape index (κ3) is 2.99. The first-order valence-corrected chi connectivity index (χ1v) is 4.99. The van der Waals surface area contributed by atoms with E-state index in [9.17, 15) is 4.79 Å². The summed E-state index contributed by atoms with van der Waals surface area (Å²) in [5.41, 5.74) is 0. The number of rotatable bonds is 4. The molecule has 1 fully saturated rings. The second-order valence-corrected chi connectivity index (χ2v) is 4.15. The fourth-order valence-electron chi connectivity index (χ4n) is 2.34. The van der Waals surface area contributed by atoms with Gasteiger partial charge in [0.25, 0.3) is 0 Å². The summed E-state index contributed by atoms with van der Waals surface area (Å²) in [6.45, 7) is 0. The van der Waals surface area contributed by atoms with Crippen molar-refractivity contribution in [3.05, 3.63) is 0 Å². The zero-order valence-electron chi connectivity index (χ0n) is 8.49. The quantitative estimate of drug-likeness (QED) is 0.723. The Kier molecular flexibility index (Phi) is 3.72. The minimum Gasteiger partial charge on any atom is -0.481 e. The van der Waals surface area contributed by atoms with Crippen LogP contribution in [-0.2, 0) is 4.79 Å². The van der Waals surface area contributed by atoms with E-state index in [1.54, 1.807) is 0 Å². The van der Waals surface area contributed by atoms with Crippen LogP contribution in [0.15, 0.2) is 0 Å². The summed E-state index contributed by atoms with van der Waals surface area (Å²) in [7, 11) is 4.17. The van der Waals surface area contributed by atoms with Crippen LogP contribution in [0.1, 0.15) is 32.1 Å². The van der Waals surface area contributed by atoms with E-state index < -0.39 is 5.97 Å². The number of nitrogens with zero attached hydrogens (tertiary/aromatic N) is 1. The number of carboxylic acids is 1. The Balaban J connectivity index is 2.35. The molecular weight excluding hydrogens is 166 g/mol. The lowest BCUT2D eigenvalue weighted by atomic mass is 9.97. The molecule has 0 aromatic rings. The first-order valence-electron chi connectivity index (χ1n) is 4.99. The number of carboxylic acid groups (broad SMARTS) is 1. The summed E-state index contributed by atoms with van der Waals surface area (Å²) in [4.78, 5) is 12.7. The Morgan fingerprint density at radius 2 is 2.15 bits per heavy atom. The zero-order valence-corrected chi connectivity index (χ0v) is 8.49. The molecule has 2 unspecified atom stereocenters. The smallest absolute Gasteiger partial charge is 0.303 e. The van der Waals surface area contributed by atoms with Crippen molar-refractivity contribution in [3.8, 4) is 0 Å². The summed E-state index contributed by atoms with van der Waals surface area (Å²) in [6, 6.07) is 0.611. The monoisotopic (exact) mass is 185 g/mol. The van der Waals surface area contributed by atoms with Crippen LogP contribution in [0, 0.1) is 5.92 Å². The van der Waals surface area contributed by atoms with Gasteiger partial charge < -0.3 is 10.0 Å². The molecule has 1 aliphatic rings. The molecular formula is C10H19NO2. The van der Waals surface area contributed by atoms with Crippen molar-refractivity contribution in [2.24, 2.45) is 5.92 Å². The molecule has 2 atom stereocenters. The van der Waals surface area contributed by atoms with Crippen molar-refractivity contribution in [3.63, 3.8) is 0 Å². The van der Waals surface area contributed by atoms with Crippen LogP contribution in [0.4, 0.5) is 0 Å². The van der Waals surface area contributed by atoms with Crippen molar-refractivity contribution in [2.45, 2.75) is 38.1 Å². The highest BCUT2D eigenvalue weighted by Gasteiger charge is 2.28. The maximum atomic E-state index is 10.4. The van der Waals surface area contributed by atoms with Crippen LogP contribution < -0.4 is 0 Å². The lowest BCUT2D eigenvalue weighted by Crippen LogP contribution is -2.31. The normalized spacial score (nSPS) is 28.2. The van der Waals surface area contributed by atoms with Crippen molar-refractivity contribution >= 4 is 5.97 Å². The molecule has 3 nitrogen and oxygen atoms in total. The standard InChI is InChI=1S/C10H19NO2/c1-11(2)9-5-3-4-8(9)6-7-10(12)13/h8-9H,3-7H2,1-2H3,(H,12,13). The third-order valence-electron chi connectivity index (χ3n) is 3.01. The van der Waals surface area contributed by atoms with E-state index in [-0.39, 0.29) is 0 Å². The van der Waals surface area contributed by atoms with Gasteiger partial charge in [-0.25, -0.2) is 0 Å². The highest BCUT2D eigenvalue weighted by atomic mass is 16.4. The molecule has 0 saturated heterocycles. The minimum atomic E-state index is -0.663. The number of carbonyl (C=O) groups is 1. The fourth-order valence-corrected chi connectivity index (χ4v) is 2.34. The third-order valence-corrected chi connectivity index (χ3v) is 3.01. The molecule has 0 aliphatic heterocycles. The van der Waals surface area contributed by atoms with Crippen LogP contribution in [0.2, 0.25) is 0 Å². The van der Waals surface area contributed by atoms with Gasteiger partial charge in [-0.1, -0.05) is 6.42 Å². The number of aliphatic carboxylic acids is 1. The summed E-state index contributed by atoms with van der Waals surface area (Å²) >= 11 is 0. The molecule has 0 radical (unpaired) electrons.